The predicted octanol–water partition coefficient (Wildman–Crippen LogP) is 4.74. The molecule has 124 valence electrons. The van der Waals surface area contributed by atoms with Crippen LogP contribution in [0.1, 0.15) is 25.0 Å². The summed E-state index contributed by atoms with van der Waals surface area (Å²) in [5.41, 5.74) is 3.18. The van der Waals surface area contributed by atoms with Gasteiger partial charge in [-0.25, -0.2) is 0 Å². The van der Waals surface area contributed by atoms with Crippen molar-refractivity contribution in [1.82, 2.24) is 0 Å². The minimum absolute atomic E-state index is 0.108. The van der Waals surface area contributed by atoms with Gasteiger partial charge in [-0.15, -0.1) is 0 Å². The Morgan fingerprint density at radius 1 is 1.08 bits per heavy atom. The Balaban J connectivity index is 2.09. The van der Waals surface area contributed by atoms with E-state index in [2.05, 4.69) is 21.2 Å². The molecular weight excluding hydrogens is 370 g/mol. The summed E-state index contributed by atoms with van der Waals surface area (Å²) in [6.07, 6.45) is 1.85. The number of hydrogen-bond donors (Lipinski definition) is 1. The Hall–Kier alpha value is -2.27. The zero-order valence-electron chi connectivity index (χ0n) is 13.6. The third-order valence-electron chi connectivity index (χ3n) is 3.67. The second kappa shape index (κ2) is 7.09. The average molecular weight is 388 g/mol. The number of carbonyl (C=O) groups is 1. The normalized spacial score (nSPS) is 14.5. The van der Waals surface area contributed by atoms with Crippen molar-refractivity contribution in [3.05, 3.63) is 52.0 Å². The first-order chi connectivity index (χ1) is 11.6. The highest BCUT2D eigenvalue weighted by Crippen LogP contribution is 2.38. The highest BCUT2D eigenvalue weighted by atomic mass is 79.9. The van der Waals surface area contributed by atoms with Crippen molar-refractivity contribution in [3.63, 3.8) is 0 Å². The van der Waals surface area contributed by atoms with Gasteiger partial charge in [-0.3, -0.25) is 4.79 Å². The maximum atomic E-state index is 12.3. The molecule has 1 amide bonds. The fourth-order valence-corrected chi connectivity index (χ4v) is 3.12. The van der Waals surface area contributed by atoms with Crippen LogP contribution in [0.15, 0.2) is 40.9 Å². The Labute approximate surface area is 149 Å². The second-order valence-electron chi connectivity index (χ2n) is 5.24. The Morgan fingerprint density at radius 3 is 2.54 bits per heavy atom. The molecule has 0 saturated carbocycles. The third-order valence-corrected chi connectivity index (χ3v) is 4.29. The van der Waals surface area contributed by atoms with E-state index in [0.29, 0.717) is 24.5 Å². The average Bonchev–Trinajstić information content (AvgIpc) is 2.88. The maximum absolute atomic E-state index is 12.3. The van der Waals surface area contributed by atoms with Gasteiger partial charge in [-0.2, -0.15) is 0 Å². The van der Waals surface area contributed by atoms with Crippen molar-refractivity contribution in [2.45, 2.75) is 13.8 Å². The van der Waals surface area contributed by atoms with Gasteiger partial charge < -0.3 is 14.8 Å². The number of amides is 1. The van der Waals surface area contributed by atoms with Gasteiger partial charge in [-0.05, 0) is 48.0 Å². The second-order valence-corrected chi connectivity index (χ2v) is 6.10. The number of carbonyl (C=O) groups excluding carboxylic acids is 1. The van der Waals surface area contributed by atoms with Crippen molar-refractivity contribution in [3.8, 4) is 11.5 Å². The van der Waals surface area contributed by atoms with Crippen molar-refractivity contribution >= 4 is 39.2 Å². The van der Waals surface area contributed by atoms with Gasteiger partial charge in [-0.1, -0.05) is 18.2 Å². The third kappa shape index (κ3) is 3.17. The summed E-state index contributed by atoms with van der Waals surface area (Å²) >= 11 is 3.52. The fourth-order valence-electron chi connectivity index (χ4n) is 2.65. The van der Waals surface area contributed by atoms with E-state index in [4.69, 9.17) is 9.47 Å². The van der Waals surface area contributed by atoms with Crippen LogP contribution < -0.4 is 14.8 Å². The monoisotopic (exact) mass is 387 g/mol. The summed E-state index contributed by atoms with van der Waals surface area (Å²) in [5, 5.41) is 2.88. The largest absolute Gasteiger partial charge is 0.493 e. The quantitative estimate of drug-likeness (QED) is 0.753. The zero-order valence-corrected chi connectivity index (χ0v) is 15.1. The number of para-hydroxylation sites is 1. The molecule has 0 aliphatic carbocycles. The highest BCUT2D eigenvalue weighted by molar-refractivity contribution is 9.10. The van der Waals surface area contributed by atoms with E-state index in [9.17, 15) is 4.79 Å². The van der Waals surface area contributed by atoms with Gasteiger partial charge in [0.15, 0.2) is 0 Å². The van der Waals surface area contributed by atoms with E-state index in [-0.39, 0.29) is 5.91 Å². The van der Waals surface area contributed by atoms with Gasteiger partial charge in [0, 0.05) is 28.5 Å². The number of rotatable bonds is 5. The number of anilines is 1. The molecule has 1 heterocycles. The molecule has 4 nitrogen and oxygen atoms in total. The number of ether oxygens (including phenoxy) is 2. The summed E-state index contributed by atoms with van der Waals surface area (Å²) in [7, 11) is 0. The molecule has 0 aromatic heterocycles. The molecule has 24 heavy (non-hydrogen) atoms. The Morgan fingerprint density at radius 2 is 1.79 bits per heavy atom. The summed E-state index contributed by atoms with van der Waals surface area (Å²) < 4.78 is 12.2. The van der Waals surface area contributed by atoms with E-state index >= 15 is 0 Å². The molecular formula is C19H18BrNO3. The van der Waals surface area contributed by atoms with Gasteiger partial charge in [0.2, 0.25) is 0 Å². The molecule has 1 aliphatic rings. The van der Waals surface area contributed by atoms with Crippen molar-refractivity contribution in [2.24, 2.45) is 0 Å². The lowest BCUT2D eigenvalue weighted by molar-refractivity contribution is -0.110. The molecule has 0 saturated heterocycles. The standard InChI is InChI=1S/C19H18BrNO3/c1-3-23-17-11-18(24-4-2)15(20)10-12(17)9-14-13-7-5-6-8-16(13)21-19(14)22/h5-11H,3-4H2,1-2H3,(H,21,22)/b14-9+. The van der Waals surface area contributed by atoms with Crippen molar-refractivity contribution < 1.29 is 14.3 Å². The van der Waals surface area contributed by atoms with Crippen LogP contribution in [-0.4, -0.2) is 19.1 Å². The van der Waals surface area contributed by atoms with Crippen LogP contribution in [0.4, 0.5) is 5.69 Å². The van der Waals surface area contributed by atoms with Crippen LogP contribution >= 0.6 is 15.9 Å². The molecule has 0 fully saturated rings. The van der Waals surface area contributed by atoms with Crippen LogP contribution in [0.3, 0.4) is 0 Å². The van der Waals surface area contributed by atoms with Crippen LogP contribution in [0, 0.1) is 0 Å². The van der Waals surface area contributed by atoms with Gasteiger partial charge in [0.05, 0.1) is 17.7 Å². The lowest BCUT2D eigenvalue weighted by atomic mass is 10.0. The predicted molar refractivity (Wildman–Crippen MR) is 99.4 cm³/mol. The number of hydrogen-bond acceptors (Lipinski definition) is 3. The SMILES string of the molecule is CCOc1cc(OCC)c(/C=C2/C(=O)Nc3ccccc32)cc1Br. The van der Waals surface area contributed by atoms with Crippen LogP contribution in [0.5, 0.6) is 11.5 Å². The van der Waals surface area contributed by atoms with Crippen LogP contribution in [0.2, 0.25) is 0 Å². The number of halogens is 1. The first-order valence-electron chi connectivity index (χ1n) is 7.85. The van der Waals surface area contributed by atoms with Crippen molar-refractivity contribution in [2.75, 3.05) is 18.5 Å². The van der Waals surface area contributed by atoms with Gasteiger partial charge in [0.25, 0.3) is 5.91 Å². The molecule has 5 heteroatoms. The van der Waals surface area contributed by atoms with E-state index in [1.807, 2.05) is 56.3 Å². The van der Waals surface area contributed by atoms with E-state index in [1.165, 1.54) is 0 Å². The first-order valence-corrected chi connectivity index (χ1v) is 8.65. The highest BCUT2D eigenvalue weighted by Gasteiger charge is 2.24. The van der Waals surface area contributed by atoms with E-state index < -0.39 is 0 Å². The van der Waals surface area contributed by atoms with Crippen molar-refractivity contribution in [1.29, 1.82) is 0 Å². The molecule has 1 N–H and O–H groups in total. The smallest absolute Gasteiger partial charge is 0.256 e. The molecule has 0 atom stereocenters. The fraction of sp³-hybridized carbons (Fsp3) is 0.211. The summed E-state index contributed by atoms with van der Waals surface area (Å²) in [4.78, 5) is 12.3. The lowest BCUT2D eigenvalue weighted by Crippen LogP contribution is -2.04. The Kier molecular flexibility index (Phi) is 4.90. The van der Waals surface area contributed by atoms with Gasteiger partial charge in [0.1, 0.15) is 11.5 Å². The molecule has 0 unspecified atom stereocenters. The lowest BCUT2D eigenvalue weighted by Gasteiger charge is -2.13. The molecule has 2 aromatic rings. The first kappa shape index (κ1) is 16.6. The van der Waals surface area contributed by atoms with Crippen LogP contribution in [0.25, 0.3) is 11.6 Å². The zero-order chi connectivity index (χ0) is 17.1. The molecule has 0 spiro atoms. The number of benzene rings is 2. The minimum atomic E-state index is -0.108. The number of fused-ring (bicyclic) bond motifs is 1. The summed E-state index contributed by atoms with van der Waals surface area (Å²) in [5.74, 6) is 1.30. The topological polar surface area (TPSA) is 47.6 Å². The summed E-state index contributed by atoms with van der Waals surface area (Å²) in [6.45, 7) is 4.96. The van der Waals surface area contributed by atoms with Crippen LogP contribution in [-0.2, 0) is 4.79 Å². The molecule has 0 radical (unpaired) electrons. The minimum Gasteiger partial charge on any atom is -0.493 e. The maximum Gasteiger partial charge on any atom is 0.256 e. The van der Waals surface area contributed by atoms with Gasteiger partial charge >= 0.3 is 0 Å². The molecule has 0 bridgehead atoms. The van der Waals surface area contributed by atoms with E-state index in [0.717, 1.165) is 27.0 Å². The molecule has 1 aliphatic heterocycles. The van der Waals surface area contributed by atoms with E-state index in [1.54, 1.807) is 0 Å². The summed E-state index contributed by atoms with van der Waals surface area (Å²) in [6, 6.07) is 11.4. The molecule has 2 aromatic carbocycles. The number of nitrogens with one attached hydrogen (secondary N) is 1. The molecule has 3 rings (SSSR count). The Bertz CT molecular complexity index is 814.